The molecule has 0 bridgehead atoms. The zero-order chi connectivity index (χ0) is 21.1. The maximum absolute atomic E-state index is 13.0. The summed E-state index contributed by atoms with van der Waals surface area (Å²) in [6.07, 6.45) is 1.96. The van der Waals surface area contributed by atoms with Crippen molar-refractivity contribution in [3.8, 4) is 0 Å². The second-order valence-electron chi connectivity index (χ2n) is 7.95. The summed E-state index contributed by atoms with van der Waals surface area (Å²) in [7, 11) is 0. The van der Waals surface area contributed by atoms with Gasteiger partial charge in [-0.15, -0.1) is 0 Å². The molecular weight excluding hydrogens is 396 g/mol. The smallest absolute Gasteiger partial charge is 0.229 e. The van der Waals surface area contributed by atoms with Gasteiger partial charge in [-0.25, -0.2) is 0 Å². The van der Waals surface area contributed by atoms with E-state index in [0.29, 0.717) is 30.2 Å². The molecule has 3 aromatic rings. The van der Waals surface area contributed by atoms with Crippen molar-refractivity contribution in [2.24, 2.45) is 5.92 Å². The molecule has 1 saturated heterocycles. The van der Waals surface area contributed by atoms with Crippen LogP contribution >= 0.6 is 11.6 Å². The van der Waals surface area contributed by atoms with Crippen molar-refractivity contribution in [1.82, 2.24) is 4.90 Å². The number of aryl methyl sites for hydroxylation is 1. The Balaban J connectivity index is 1.42. The van der Waals surface area contributed by atoms with Gasteiger partial charge in [0.25, 0.3) is 0 Å². The minimum atomic E-state index is -0.213. The van der Waals surface area contributed by atoms with Gasteiger partial charge < -0.3 is 10.2 Å². The minimum absolute atomic E-state index is 0.0578. The van der Waals surface area contributed by atoms with E-state index in [4.69, 9.17) is 11.6 Å². The molecule has 1 heterocycles. The SMILES string of the molecule is Cc1ccc(NC(=O)C2CCCN(C(=O)Cc3cccc4ccccc34)C2)cc1Cl. The summed E-state index contributed by atoms with van der Waals surface area (Å²) in [5.41, 5.74) is 2.69. The lowest BCUT2D eigenvalue weighted by molar-refractivity contribution is -0.133. The van der Waals surface area contributed by atoms with Crippen LogP contribution < -0.4 is 5.32 Å². The molecule has 1 N–H and O–H groups in total. The predicted molar refractivity (Wildman–Crippen MR) is 122 cm³/mol. The highest BCUT2D eigenvalue weighted by Crippen LogP contribution is 2.24. The Bertz CT molecular complexity index is 1090. The predicted octanol–water partition coefficient (Wildman–Crippen LogP) is 5.22. The van der Waals surface area contributed by atoms with E-state index in [1.165, 1.54) is 0 Å². The number of likely N-dealkylation sites (tertiary alicyclic amines) is 1. The Labute approximate surface area is 181 Å². The van der Waals surface area contributed by atoms with E-state index in [2.05, 4.69) is 23.5 Å². The molecule has 0 saturated carbocycles. The van der Waals surface area contributed by atoms with Crippen molar-refractivity contribution in [3.63, 3.8) is 0 Å². The average Bonchev–Trinajstić information content (AvgIpc) is 2.76. The number of carbonyl (C=O) groups excluding carboxylic acids is 2. The van der Waals surface area contributed by atoms with Crippen molar-refractivity contribution in [3.05, 3.63) is 76.8 Å². The first-order valence-corrected chi connectivity index (χ1v) is 10.7. The molecule has 4 nitrogen and oxygen atoms in total. The summed E-state index contributed by atoms with van der Waals surface area (Å²) in [4.78, 5) is 27.6. The monoisotopic (exact) mass is 420 g/mol. The van der Waals surface area contributed by atoms with Crippen molar-refractivity contribution in [2.45, 2.75) is 26.2 Å². The number of carbonyl (C=O) groups is 2. The normalized spacial score (nSPS) is 16.5. The second kappa shape index (κ2) is 8.88. The van der Waals surface area contributed by atoms with Crippen molar-refractivity contribution >= 4 is 39.9 Å². The Morgan fingerprint density at radius 2 is 1.90 bits per heavy atom. The summed E-state index contributed by atoms with van der Waals surface area (Å²) in [5.74, 6) is -0.199. The van der Waals surface area contributed by atoms with Crippen molar-refractivity contribution < 1.29 is 9.59 Å². The van der Waals surface area contributed by atoms with Gasteiger partial charge in [0.1, 0.15) is 0 Å². The molecule has 5 heteroatoms. The van der Waals surface area contributed by atoms with Gasteiger partial charge in [0.05, 0.1) is 12.3 Å². The molecule has 0 radical (unpaired) electrons. The van der Waals surface area contributed by atoms with E-state index < -0.39 is 0 Å². The molecule has 0 aliphatic carbocycles. The first-order valence-electron chi connectivity index (χ1n) is 10.3. The number of fused-ring (bicyclic) bond motifs is 1. The van der Waals surface area contributed by atoms with E-state index in [0.717, 1.165) is 34.7 Å². The zero-order valence-corrected chi connectivity index (χ0v) is 17.8. The van der Waals surface area contributed by atoms with E-state index in [1.54, 1.807) is 6.07 Å². The van der Waals surface area contributed by atoms with Gasteiger partial charge in [0.2, 0.25) is 11.8 Å². The molecule has 30 heavy (non-hydrogen) atoms. The van der Waals surface area contributed by atoms with Crippen LogP contribution in [0.1, 0.15) is 24.0 Å². The zero-order valence-electron chi connectivity index (χ0n) is 17.0. The molecule has 1 unspecified atom stereocenters. The van der Waals surface area contributed by atoms with Crippen LogP contribution in [-0.2, 0) is 16.0 Å². The van der Waals surface area contributed by atoms with Crippen molar-refractivity contribution in [1.29, 1.82) is 0 Å². The summed E-state index contributed by atoms with van der Waals surface area (Å²) in [6, 6.07) is 19.7. The van der Waals surface area contributed by atoms with Crippen molar-refractivity contribution in [2.75, 3.05) is 18.4 Å². The molecular formula is C25H25ClN2O2. The number of anilines is 1. The number of benzene rings is 3. The number of hydrogen-bond donors (Lipinski definition) is 1. The fourth-order valence-corrected chi connectivity index (χ4v) is 4.23. The highest BCUT2D eigenvalue weighted by molar-refractivity contribution is 6.31. The highest BCUT2D eigenvalue weighted by Gasteiger charge is 2.28. The lowest BCUT2D eigenvalue weighted by atomic mass is 9.95. The maximum atomic E-state index is 13.0. The Morgan fingerprint density at radius 1 is 1.10 bits per heavy atom. The van der Waals surface area contributed by atoms with E-state index >= 15 is 0 Å². The number of rotatable bonds is 4. The van der Waals surface area contributed by atoms with Crippen LogP contribution in [0.2, 0.25) is 5.02 Å². The molecule has 0 aromatic heterocycles. The third-order valence-electron chi connectivity index (χ3n) is 5.81. The van der Waals surface area contributed by atoms with Gasteiger partial charge >= 0.3 is 0 Å². The van der Waals surface area contributed by atoms with E-state index in [-0.39, 0.29) is 17.7 Å². The van der Waals surface area contributed by atoms with Crippen LogP contribution in [0.25, 0.3) is 10.8 Å². The summed E-state index contributed by atoms with van der Waals surface area (Å²) >= 11 is 6.16. The van der Waals surface area contributed by atoms with Gasteiger partial charge in [-0.1, -0.05) is 60.1 Å². The van der Waals surface area contributed by atoms with Gasteiger partial charge in [-0.05, 0) is 53.8 Å². The molecule has 154 valence electrons. The Hall–Kier alpha value is -2.85. The average molecular weight is 421 g/mol. The van der Waals surface area contributed by atoms with Gasteiger partial charge in [0, 0.05) is 23.8 Å². The molecule has 1 atom stereocenters. The molecule has 1 fully saturated rings. The standard InChI is InChI=1S/C25H25ClN2O2/c1-17-11-12-21(15-23(17)26)27-25(30)20-9-5-13-28(16-20)24(29)14-19-8-4-7-18-6-2-3-10-22(18)19/h2-4,6-8,10-12,15,20H,5,9,13-14,16H2,1H3,(H,27,30). The number of nitrogens with zero attached hydrogens (tertiary/aromatic N) is 1. The Kier molecular flexibility index (Phi) is 6.05. The lowest BCUT2D eigenvalue weighted by Crippen LogP contribution is -2.44. The quantitative estimate of drug-likeness (QED) is 0.628. The fraction of sp³-hybridized carbons (Fsp3) is 0.280. The first-order chi connectivity index (χ1) is 14.5. The molecule has 1 aliphatic rings. The van der Waals surface area contributed by atoms with Crippen LogP contribution in [-0.4, -0.2) is 29.8 Å². The van der Waals surface area contributed by atoms with Crippen LogP contribution in [0.5, 0.6) is 0 Å². The number of piperidine rings is 1. The highest BCUT2D eigenvalue weighted by atomic mass is 35.5. The maximum Gasteiger partial charge on any atom is 0.229 e. The summed E-state index contributed by atoms with van der Waals surface area (Å²) in [5, 5.41) is 5.82. The van der Waals surface area contributed by atoms with Crippen LogP contribution in [0.15, 0.2) is 60.7 Å². The van der Waals surface area contributed by atoms with E-state index in [9.17, 15) is 9.59 Å². The number of halogens is 1. The molecule has 1 aliphatic heterocycles. The third-order valence-corrected chi connectivity index (χ3v) is 6.21. The lowest BCUT2D eigenvalue weighted by Gasteiger charge is -2.32. The molecule has 0 spiro atoms. The molecule has 4 rings (SSSR count). The molecule has 3 aromatic carbocycles. The van der Waals surface area contributed by atoms with Crippen LogP contribution in [0, 0.1) is 12.8 Å². The van der Waals surface area contributed by atoms with Gasteiger partial charge in [-0.2, -0.15) is 0 Å². The van der Waals surface area contributed by atoms with Gasteiger partial charge in [0.15, 0.2) is 0 Å². The largest absolute Gasteiger partial charge is 0.342 e. The summed E-state index contributed by atoms with van der Waals surface area (Å²) < 4.78 is 0. The van der Waals surface area contributed by atoms with E-state index in [1.807, 2.05) is 48.2 Å². The Morgan fingerprint density at radius 3 is 2.73 bits per heavy atom. The number of amides is 2. The van der Waals surface area contributed by atoms with Crippen LogP contribution in [0.4, 0.5) is 5.69 Å². The third kappa shape index (κ3) is 4.49. The topological polar surface area (TPSA) is 49.4 Å². The van der Waals surface area contributed by atoms with Gasteiger partial charge in [-0.3, -0.25) is 9.59 Å². The summed E-state index contributed by atoms with van der Waals surface area (Å²) in [6.45, 7) is 3.08. The number of hydrogen-bond acceptors (Lipinski definition) is 2. The van der Waals surface area contributed by atoms with Crippen LogP contribution in [0.3, 0.4) is 0 Å². The second-order valence-corrected chi connectivity index (χ2v) is 8.35. The minimum Gasteiger partial charge on any atom is -0.342 e. The number of nitrogens with one attached hydrogen (secondary N) is 1. The molecule has 2 amide bonds. The fourth-order valence-electron chi connectivity index (χ4n) is 4.05. The first kappa shape index (κ1) is 20.4.